The predicted molar refractivity (Wildman–Crippen MR) is 71.3 cm³/mol. The van der Waals surface area contributed by atoms with Crippen molar-refractivity contribution in [3.8, 4) is 0 Å². The van der Waals surface area contributed by atoms with Crippen LogP contribution >= 0.6 is 11.3 Å². The van der Waals surface area contributed by atoms with Crippen LogP contribution in [0.25, 0.3) is 0 Å². The highest BCUT2D eigenvalue weighted by molar-refractivity contribution is 7.17. The van der Waals surface area contributed by atoms with Gasteiger partial charge in [0.05, 0.1) is 5.69 Å². The number of anilines is 1. The van der Waals surface area contributed by atoms with E-state index in [2.05, 4.69) is 18.8 Å². The number of hydrogen-bond acceptors (Lipinski definition) is 4. The lowest BCUT2D eigenvalue weighted by molar-refractivity contribution is 0.0700. The van der Waals surface area contributed by atoms with E-state index in [0.717, 1.165) is 11.6 Å². The molecule has 1 aromatic rings. The summed E-state index contributed by atoms with van der Waals surface area (Å²) < 4.78 is 0. The predicted octanol–water partition coefficient (Wildman–Crippen LogP) is 3.20. The minimum atomic E-state index is -0.880. The molecule has 0 aliphatic heterocycles. The number of carboxylic acids is 1. The molecular weight excluding hydrogens is 236 g/mol. The Morgan fingerprint density at radius 2 is 2.06 bits per heavy atom. The molecule has 0 bridgehead atoms. The molecule has 0 radical (unpaired) electrons. The first-order valence-corrected chi connectivity index (χ1v) is 6.66. The summed E-state index contributed by atoms with van der Waals surface area (Å²) in [5.74, 6) is -0.744. The SMILES string of the molecule is CCC(C)N(C)c1nc(C(C)C)c(C(=O)O)s1. The summed E-state index contributed by atoms with van der Waals surface area (Å²) in [5.41, 5.74) is 0.688. The standard InChI is InChI=1S/C12H20N2O2S/c1-6-8(4)14(5)12-13-9(7(2)3)10(17-12)11(15)16/h7-8H,6H2,1-5H3,(H,15,16). The van der Waals surface area contributed by atoms with Crippen molar-refractivity contribution in [1.29, 1.82) is 0 Å². The Balaban J connectivity index is 3.11. The zero-order valence-electron chi connectivity index (χ0n) is 11.0. The van der Waals surface area contributed by atoms with Gasteiger partial charge >= 0.3 is 5.97 Å². The van der Waals surface area contributed by atoms with Crippen molar-refractivity contribution in [1.82, 2.24) is 4.98 Å². The Morgan fingerprint density at radius 3 is 2.41 bits per heavy atom. The van der Waals surface area contributed by atoms with Crippen molar-refractivity contribution in [2.24, 2.45) is 0 Å². The second-order valence-electron chi connectivity index (χ2n) is 4.54. The Labute approximate surface area is 106 Å². The third-order valence-electron chi connectivity index (χ3n) is 2.94. The molecule has 1 atom stereocenters. The molecule has 0 amide bonds. The number of aromatic carboxylic acids is 1. The topological polar surface area (TPSA) is 53.4 Å². The Morgan fingerprint density at radius 1 is 1.47 bits per heavy atom. The molecule has 1 aromatic heterocycles. The number of carbonyl (C=O) groups is 1. The number of nitrogens with zero attached hydrogens (tertiary/aromatic N) is 2. The molecular formula is C12H20N2O2S. The van der Waals surface area contributed by atoms with Gasteiger partial charge in [-0.15, -0.1) is 0 Å². The summed E-state index contributed by atoms with van der Waals surface area (Å²) >= 11 is 1.26. The monoisotopic (exact) mass is 256 g/mol. The summed E-state index contributed by atoms with van der Waals surface area (Å²) in [6.45, 7) is 8.15. The van der Waals surface area contributed by atoms with E-state index in [-0.39, 0.29) is 5.92 Å². The fourth-order valence-electron chi connectivity index (χ4n) is 1.48. The number of carboxylic acid groups (broad SMARTS) is 1. The highest BCUT2D eigenvalue weighted by Crippen LogP contribution is 2.31. The third kappa shape index (κ3) is 2.97. The molecule has 1 unspecified atom stereocenters. The van der Waals surface area contributed by atoms with Gasteiger partial charge in [0.25, 0.3) is 0 Å². The van der Waals surface area contributed by atoms with Gasteiger partial charge in [0.2, 0.25) is 0 Å². The van der Waals surface area contributed by atoms with Crippen molar-refractivity contribution >= 4 is 22.4 Å². The van der Waals surface area contributed by atoms with Crippen LogP contribution in [-0.4, -0.2) is 29.1 Å². The van der Waals surface area contributed by atoms with E-state index in [1.807, 2.05) is 25.8 Å². The van der Waals surface area contributed by atoms with E-state index in [4.69, 9.17) is 5.11 Å². The summed E-state index contributed by atoms with van der Waals surface area (Å²) in [6, 6.07) is 0.364. The Hall–Kier alpha value is -1.10. The van der Waals surface area contributed by atoms with E-state index in [1.165, 1.54) is 11.3 Å². The summed E-state index contributed by atoms with van der Waals surface area (Å²) in [6.07, 6.45) is 1.01. The lowest BCUT2D eigenvalue weighted by atomic mass is 10.1. The fraction of sp³-hybridized carbons (Fsp3) is 0.667. The first-order valence-electron chi connectivity index (χ1n) is 5.85. The Bertz CT molecular complexity index is 401. The van der Waals surface area contributed by atoms with E-state index in [0.29, 0.717) is 16.6 Å². The van der Waals surface area contributed by atoms with Crippen LogP contribution in [-0.2, 0) is 0 Å². The number of thiazole rings is 1. The van der Waals surface area contributed by atoms with E-state index < -0.39 is 5.97 Å². The Kier molecular flexibility index (Phi) is 4.51. The van der Waals surface area contributed by atoms with Gasteiger partial charge in [-0.25, -0.2) is 9.78 Å². The maximum atomic E-state index is 11.2. The molecule has 0 spiro atoms. The number of hydrogen-bond donors (Lipinski definition) is 1. The fourth-order valence-corrected chi connectivity index (χ4v) is 2.60. The van der Waals surface area contributed by atoms with Crippen molar-refractivity contribution in [3.63, 3.8) is 0 Å². The zero-order chi connectivity index (χ0) is 13.2. The normalized spacial score (nSPS) is 12.8. The minimum Gasteiger partial charge on any atom is -0.477 e. The zero-order valence-corrected chi connectivity index (χ0v) is 11.8. The minimum absolute atomic E-state index is 0.136. The highest BCUT2D eigenvalue weighted by atomic mass is 32.1. The molecule has 1 heterocycles. The molecule has 96 valence electrons. The van der Waals surface area contributed by atoms with Crippen LogP contribution in [0.4, 0.5) is 5.13 Å². The summed E-state index contributed by atoms with van der Waals surface area (Å²) in [4.78, 5) is 18.0. The van der Waals surface area contributed by atoms with Gasteiger partial charge in [-0.1, -0.05) is 32.1 Å². The molecule has 1 rings (SSSR count). The molecule has 0 saturated carbocycles. The lowest BCUT2D eigenvalue weighted by Gasteiger charge is -2.22. The largest absolute Gasteiger partial charge is 0.477 e. The molecule has 0 aliphatic rings. The quantitative estimate of drug-likeness (QED) is 0.879. The molecule has 4 nitrogen and oxygen atoms in total. The molecule has 17 heavy (non-hydrogen) atoms. The van der Waals surface area contributed by atoms with Gasteiger partial charge < -0.3 is 10.0 Å². The maximum Gasteiger partial charge on any atom is 0.347 e. The molecule has 1 N–H and O–H groups in total. The first kappa shape index (κ1) is 14.0. The van der Waals surface area contributed by atoms with Crippen molar-refractivity contribution in [3.05, 3.63) is 10.6 Å². The maximum absolute atomic E-state index is 11.2. The second-order valence-corrected chi connectivity index (χ2v) is 5.52. The molecule has 0 saturated heterocycles. The average molecular weight is 256 g/mol. The second kappa shape index (κ2) is 5.49. The molecule has 0 aliphatic carbocycles. The van der Waals surface area contributed by atoms with Gasteiger partial charge in [0.1, 0.15) is 4.88 Å². The average Bonchev–Trinajstić information content (AvgIpc) is 2.71. The van der Waals surface area contributed by atoms with Crippen LogP contribution in [0.15, 0.2) is 0 Å². The van der Waals surface area contributed by atoms with Gasteiger partial charge in [-0.2, -0.15) is 0 Å². The van der Waals surface area contributed by atoms with E-state index >= 15 is 0 Å². The van der Waals surface area contributed by atoms with Crippen molar-refractivity contribution in [2.75, 3.05) is 11.9 Å². The lowest BCUT2D eigenvalue weighted by Crippen LogP contribution is -2.27. The summed E-state index contributed by atoms with van der Waals surface area (Å²) in [7, 11) is 1.96. The van der Waals surface area contributed by atoms with Gasteiger partial charge in [0, 0.05) is 13.1 Å². The third-order valence-corrected chi connectivity index (χ3v) is 4.09. The van der Waals surface area contributed by atoms with Crippen LogP contribution in [0, 0.1) is 0 Å². The molecule has 0 fully saturated rings. The van der Waals surface area contributed by atoms with Crippen molar-refractivity contribution < 1.29 is 9.90 Å². The van der Waals surface area contributed by atoms with Gasteiger partial charge in [-0.05, 0) is 19.3 Å². The van der Waals surface area contributed by atoms with Gasteiger partial charge in [0.15, 0.2) is 5.13 Å². The van der Waals surface area contributed by atoms with Crippen LogP contribution in [0.2, 0.25) is 0 Å². The summed E-state index contributed by atoms with van der Waals surface area (Å²) in [5, 5.41) is 9.95. The van der Waals surface area contributed by atoms with E-state index in [9.17, 15) is 4.79 Å². The molecule has 5 heteroatoms. The van der Waals surface area contributed by atoms with Crippen LogP contribution in [0.1, 0.15) is 55.4 Å². The number of rotatable bonds is 5. The van der Waals surface area contributed by atoms with Crippen LogP contribution in [0.5, 0.6) is 0 Å². The smallest absolute Gasteiger partial charge is 0.347 e. The number of aromatic nitrogens is 1. The van der Waals surface area contributed by atoms with Gasteiger partial charge in [-0.3, -0.25) is 0 Å². The first-order chi connectivity index (χ1) is 7.88. The molecule has 0 aromatic carbocycles. The van der Waals surface area contributed by atoms with E-state index in [1.54, 1.807) is 0 Å². The van der Waals surface area contributed by atoms with Crippen LogP contribution in [0.3, 0.4) is 0 Å². The van der Waals surface area contributed by atoms with Crippen LogP contribution < -0.4 is 4.90 Å². The highest BCUT2D eigenvalue weighted by Gasteiger charge is 2.22. The van der Waals surface area contributed by atoms with Crippen molar-refractivity contribution in [2.45, 2.75) is 46.1 Å².